The lowest BCUT2D eigenvalue weighted by Crippen LogP contribution is -2.35. The van der Waals surface area contributed by atoms with Crippen molar-refractivity contribution < 1.29 is 4.74 Å². The number of nitrogens with zero attached hydrogens (tertiary/aromatic N) is 3. The van der Waals surface area contributed by atoms with Crippen LogP contribution in [0, 0.1) is 12.8 Å². The molecule has 2 aromatic rings. The Morgan fingerprint density at radius 1 is 1.26 bits per heavy atom. The van der Waals surface area contributed by atoms with Gasteiger partial charge >= 0.3 is 0 Å². The van der Waals surface area contributed by atoms with Crippen LogP contribution in [0.2, 0.25) is 0 Å². The minimum atomic E-state index is 0.631. The van der Waals surface area contributed by atoms with E-state index in [4.69, 9.17) is 9.72 Å². The van der Waals surface area contributed by atoms with Crippen molar-refractivity contribution in [1.29, 1.82) is 0 Å². The summed E-state index contributed by atoms with van der Waals surface area (Å²) in [5.41, 5.74) is 1.89. The molecule has 0 radical (unpaired) electrons. The lowest BCUT2D eigenvalue weighted by atomic mass is 10.0. The van der Waals surface area contributed by atoms with Crippen LogP contribution in [0.5, 0.6) is 5.75 Å². The Morgan fingerprint density at radius 2 is 2.13 bits per heavy atom. The van der Waals surface area contributed by atoms with Crippen LogP contribution in [0.15, 0.2) is 30.3 Å². The molecule has 0 bridgehead atoms. The van der Waals surface area contributed by atoms with Gasteiger partial charge in [-0.1, -0.05) is 13.0 Å². The molecule has 1 N–H and O–H groups in total. The quantitative estimate of drug-likeness (QED) is 0.931. The zero-order valence-corrected chi connectivity index (χ0v) is 14.0. The van der Waals surface area contributed by atoms with Crippen LogP contribution in [0.4, 0.5) is 17.5 Å². The maximum absolute atomic E-state index is 5.26. The normalized spacial score (nSPS) is 17.9. The van der Waals surface area contributed by atoms with E-state index in [0.717, 1.165) is 36.0 Å². The average molecular weight is 312 g/mol. The molecule has 2 heterocycles. The number of aryl methyl sites for hydroxylation is 1. The fourth-order valence-electron chi connectivity index (χ4n) is 3.00. The molecule has 1 unspecified atom stereocenters. The van der Waals surface area contributed by atoms with E-state index in [0.29, 0.717) is 11.9 Å². The van der Waals surface area contributed by atoms with Crippen molar-refractivity contribution in [3.63, 3.8) is 0 Å². The van der Waals surface area contributed by atoms with Crippen LogP contribution in [-0.4, -0.2) is 30.2 Å². The summed E-state index contributed by atoms with van der Waals surface area (Å²) in [7, 11) is 1.66. The first-order valence-corrected chi connectivity index (χ1v) is 8.16. The van der Waals surface area contributed by atoms with Gasteiger partial charge in [-0.15, -0.1) is 0 Å². The van der Waals surface area contributed by atoms with Gasteiger partial charge in [-0.25, -0.2) is 4.98 Å². The van der Waals surface area contributed by atoms with Crippen LogP contribution in [0.1, 0.15) is 25.5 Å². The number of anilines is 3. The van der Waals surface area contributed by atoms with Crippen LogP contribution < -0.4 is 15.0 Å². The van der Waals surface area contributed by atoms with E-state index in [9.17, 15) is 0 Å². The van der Waals surface area contributed by atoms with Gasteiger partial charge in [0.25, 0.3) is 0 Å². The van der Waals surface area contributed by atoms with Crippen molar-refractivity contribution >= 4 is 17.5 Å². The number of ether oxygens (including phenoxy) is 1. The number of piperidine rings is 1. The number of hydrogen-bond donors (Lipinski definition) is 1. The van der Waals surface area contributed by atoms with Crippen LogP contribution in [0.25, 0.3) is 0 Å². The van der Waals surface area contributed by atoms with Crippen molar-refractivity contribution in [2.45, 2.75) is 26.7 Å². The van der Waals surface area contributed by atoms with E-state index >= 15 is 0 Å². The highest BCUT2D eigenvalue weighted by Crippen LogP contribution is 2.24. The molecular weight excluding hydrogens is 288 g/mol. The second-order valence-corrected chi connectivity index (χ2v) is 6.24. The fraction of sp³-hybridized carbons (Fsp3) is 0.444. The third kappa shape index (κ3) is 3.92. The molecule has 122 valence electrons. The molecule has 3 rings (SSSR count). The summed E-state index contributed by atoms with van der Waals surface area (Å²) >= 11 is 0. The molecule has 0 aliphatic carbocycles. The van der Waals surface area contributed by atoms with E-state index in [1.165, 1.54) is 12.8 Å². The average Bonchev–Trinajstić information content (AvgIpc) is 2.54. The molecule has 23 heavy (non-hydrogen) atoms. The highest BCUT2D eigenvalue weighted by atomic mass is 16.5. The van der Waals surface area contributed by atoms with E-state index in [1.807, 2.05) is 31.2 Å². The molecule has 1 saturated heterocycles. The third-order valence-corrected chi connectivity index (χ3v) is 4.15. The molecule has 1 aromatic heterocycles. The Labute approximate surface area is 137 Å². The topological polar surface area (TPSA) is 50.3 Å². The summed E-state index contributed by atoms with van der Waals surface area (Å²) in [5, 5.41) is 3.28. The predicted molar refractivity (Wildman–Crippen MR) is 93.7 cm³/mol. The maximum Gasteiger partial charge on any atom is 0.229 e. The van der Waals surface area contributed by atoms with Crippen molar-refractivity contribution in [3.05, 3.63) is 36.0 Å². The fourth-order valence-corrected chi connectivity index (χ4v) is 3.00. The van der Waals surface area contributed by atoms with E-state index in [2.05, 4.69) is 28.2 Å². The molecule has 1 atom stereocenters. The summed E-state index contributed by atoms with van der Waals surface area (Å²) in [5.74, 6) is 3.17. The van der Waals surface area contributed by atoms with E-state index in [-0.39, 0.29) is 0 Å². The van der Waals surface area contributed by atoms with Gasteiger partial charge < -0.3 is 15.0 Å². The van der Waals surface area contributed by atoms with E-state index in [1.54, 1.807) is 7.11 Å². The molecule has 5 heteroatoms. The molecule has 0 amide bonds. The van der Waals surface area contributed by atoms with Crippen molar-refractivity contribution in [2.24, 2.45) is 5.92 Å². The Kier molecular flexibility index (Phi) is 4.65. The molecule has 0 spiro atoms. The minimum absolute atomic E-state index is 0.631. The van der Waals surface area contributed by atoms with Crippen molar-refractivity contribution in [3.8, 4) is 5.75 Å². The molecule has 1 aliphatic rings. The number of hydrogen-bond acceptors (Lipinski definition) is 5. The van der Waals surface area contributed by atoms with Gasteiger partial charge in [0.05, 0.1) is 7.11 Å². The summed E-state index contributed by atoms with van der Waals surface area (Å²) in [4.78, 5) is 11.6. The number of rotatable bonds is 4. The largest absolute Gasteiger partial charge is 0.497 e. The molecule has 5 nitrogen and oxygen atoms in total. The zero-order chi connectivity index (χ0) is 16.2. The van der Waals surface area contributed by atoms with Gasteiger partial charge in [0.2, 0.25) is 5.95 Å². The molecular formula is C18H24N4O. The SMILES string of the molecule is COc1cccc(Nc2nc(C)cc(N3CCCC(C)C3)n2)c1. The van der Waals surface area contributed by atoms with Crippen LogP contribution >= 0.6 is 0 Å². The summed E-state index contributed by atoms with van der Waals surface area (Å²) < 4.78 is 5.26. The van der Waals surface area contributed by atoms with Gasteiger partial charge in [-0.05, 0) is 37.8 Å². The van der Waals surface area contributed by atoms with E-state index < -0.39 is 0 Å². The summed E-state index contributed by atoms with van der Waals surface area (Å²) in [6.45, 7) is 6.44. The Balaban J connectivity index is 1.82. The molecule has 1 aromatic carbocycles. The first-order valence-electron chi connectivity index (χ1n) is 8.16. The second kappa shape index (κ2) is 6.86. The Morgan fingerprint density at radius 3 is 2.91 bits per heavy atom. The second-order valence-electron chi connectivity index (χ2n) is 6.24. The summed E-state index contributed by atoms with van der Waals surface area (Å²) in [6, 6.07) is 9.85. The number of benzene rings is 1. The third-order valence-electron chi connectivity index (χ3n) is 4.15. The van der Waals surface area contributed by atoms with Crippen LogP contribution in [0.3, 0.4) is 0 Å². The van der Waals surface area contributed by atoms with Gasteiger partial charge in [0.15, 0.2) is 0 Å². The molecule has 1 fully saturated rings. The first kappa shape index (κ1) is 15.6. The number of methoxy groups -OCH3 is 1. The lowest BCUT2D eigenvalue weighted by Gasteiger charge is -2.32. The standard InChI is InChI=1S/C18H24N4O/c1-13-6-5-9-22(12-13)17-10-14(2)19-18(21-17)20-15-7-4-8-16(11-15)23-3/h4,7-8,10-11,13H,5-6,9,12H2,1-3H3,(H,19,20,21). The highest BCUT2D eigenvalue weighted by molar-refractivity contribution is 5.57. The van der Waals surface area contributed by atoms with Crippen molar-refractivity contribution in [1.82, 2.24) is 9.97 Å². The highest BCUT2D eigenvalue weighted by Gasteiger charge is 2.18. The monoisotopic (exact) mass is 312 g/mol. The zero-order valence-electron chi connectivity index (χ0n) is 14.0. The van der Waals surface area contributed by atoms with Gasteiger partial charge in [0, 0.05) is 36.6 Å². The summed E-state index contributed by atoms with van der Waals surface area (Å²) in [6.07, 6.45) is 2.53. The Hall–Kier alpha value is -2.30. The lowest BCUT2D eigenvalue weighted by molar-refractivity contribution is 0.415. The predicted octanol–water partition coefficient (Wildman–Crippen LogP) is 3.77. The minimum Gasteiger partial charge on any atom is -0.497 e. The van der Waals surface area contributed by atoms with Gasteiger partial charge in [0.1, 0.15) is 11.6 Å². The Bertz CT molecular complexity index is 674. The van der Waals surface area contributed by atoms with Crippen LogP contribution in [-0.2, 0) is 0 Å². The molecule has 1 aliphatic heterocycles. The number of nitrogens with one attached hydrogen (secondary N) is 1. The van der Waals surface area contributed by atoms with Gasteiger partial charge in [-0.3, -0.25) is 0 Å². The maximum atomic E-state index is 5.26. The molecule has 0 saturated carbocycles. The first-order chi connectivity index (χ1) is 11.1. The van der Waals surface area contributed by atoms with Crippen molar-refractivity contribution in [2.75, 3.05) is 30.4 Å². The van der Waals surface area contributed by atoms with Gasteiger partial charge in [-0.2, -0.15) is 4.98 Å². The number of aromatic nitrogens is 2. The smallest absolute Gasteiger partial charge is 0.229 e.